The molecule has 4 rings (SSSR count). The van der Waals surface area contributed by atoms with Crippen molar-refractivity contribution in [3.63, 3.8) is 0 Å². The molecule has 0 fully saturated rings. The smallest absolute Gasteiger partial charge is 0.471 e. The number of amidine groups is 1. The Morgan fingerprint density at radius 2 is 1.80 bits per heavy atom. The zero-order chi connectivity index (χ0) is 32.9. The summed E-state index contributed by atoms with van der Waals surface area (Å²) in [6.07, 6.45) is -5.29. The number of nitrogens with two attached hydrogens (primary N) is 1. The minimum absolute atomic E-state index is 0.0802. The summed E-state index contributed by atoms with van der Waals surface area (Å²) in [5.74, 6) is -1.29. The predicted molar refractivity (Wildman–Crippen MR) is 163 cm³/mol. The molecule has 1 aromatic heterocycles. The van der Waals surface area contributed by atoms with Crippen LogP contribution in [0.2, 0.25) is 0 Å². The van der Waals surface area contributed by atoms with Crippen LogP contribution in [0.15, 0.2) is 71.5 Å². The number of ether oxygens (including phenoxy) is 2. The second-order valence-corrected chi connectivity index (χ2v) is 10.4. The zero-order valence-electron chi connectivity index (χ0n) is 24.9. The fraction of sp³-hybridized carbons (Fsp3) is 0.267. The number of nitrogens with one attached hydrogen (secondary N) is 4. The third-order valence-electron chi connectivity index (χ3n) is 6.52. The topological polar surface area (TPSA) is 163 Å². The largest absolute Gasteiger partial charge is 0.493 e. The quantitative estimate of drug-likeness (QED) is 0.117. The summed E-state index contributed by atoms with van der Waals surface area (Å²) in [6.45, 7) is 2.59. The van der Waals surface area contributed by atoms with E-state index in [9.17, 15) is 22.8 Å². The number of halogens is 3. The number of nitrogen functional groups attached to an aromatic ring is 1. The van der Waals surface area contributed by atoms with Crippen molar-refractivity contribution in [2.45, 2.75) is 25.2 Å². The number of aromatic nitrogens is 3. The highest BCUT2D eigenvalue weighted by Crippen LogP contribution is 2.34. The molecule has 238 valence electrons. The average molecular weight is 627 g/mol. The van der Waals surface area contributed by atoms with E-state index in [4.69, 9.17) is 20.6 Å². The molecule has 2 unspecified atom stereocenters. The number of rotatable bonds is 12. The number of methoxy groups -OCH3 is 1. The van der Waals surface area contributed by atoms with Crippen LogP contribution in [-0.2, 0) is 4.79 Å². The standard InChI is InChI=1S/C30H33F3N8O4/c1-17(16-40(2)3)45-23-14-11-19(15-24(23)44-4)25(36-20-12-9-18(10-13-20)26(34)35)27-38-29(43)41(39-27)22-8-6-5-7-21(22)37-28(42)30(31,32)33/h5-15,17,25,36H,16H2,1-4H3,(H3,34,35)(H,37,42)(H,38,39,43). The predicted octanol–water partition coefficient (Wildman–Crippen LogP) is 3.88. The molecular weight excluding hydrogens is 593 g/mol. The number of hydrogen-bond donors (Lipinski definition) is 5. The number of H-pyrrole nitrogens is 1. The van der Waals surface area contributed by atoms with E-state index in [0.717, 1.165) is 4.68 Å². The van der Waals surface area contributed by atoms with Gasteiger partial charge in [-0.1, -0.05) is 18.2 Å². The summed E-state index contributed by atoms with van der Waals surface area (Å²) < 4.78 is 51.5. The van der Waals surface area contributed by atoms with Crippen molar-refractivity contribution < 1.29 is 27.4 Å². The van der Waals surface area contributed by atoms with Crippen molar-refractivity contribution >= 4 is 23.1 Å². The zero-order valence-corrected chi connectivity index (χ0v) is 24.9. The van der Waals surface area contributed by atoms with Crippen molar-refractivity contribution in [1.29, 1.82) is 5.41 Å². The Morgan fingerprint density at radius 1 is 1.11 bits per heavy atom. The van der Waals surface area contributed by atoms with Gasteiger partial charge in [0.25, 0.3) is 0 Å². The SMILES string of the molecule is COc1cc(C(Nc2ccc(C(=N)N)cc2)c2nn(-c3ccccc3NC(=O)C(F)(F)F)c(=O)[nH]2)ccc1OC(C)CN(C)C. The minimum atomic E-state index is -5.14. The fourth-order valence-electron chi connectivity index (χ4n) is 4.54. The number of carbonyl (C=O) groups excluding carboxylic acids is 1. The number of benzene rings is 3. The van der Waals surface area contributed by atoms with Gasteiger partial charge in [-0.3, -0.25) is 15.2 Å². The van der Waals surface area contributed by atoms with Gasteiger partial charge in [0.05, 0.1) is 18.5 Å². The molecule has 0 aliphatic rings. The van der Waals surface area contributed by atoms with Crippen LogP contribution in [0.4, 0.5) is 24.5 Å². The lowest BCUT2D eigenvalue weighted by molar-refractivity contribution is -0.167. The number of likely N-dealkylation sites (N-methyl/N-ethyl adjacent to an activating group) is 1. The van der Waals surface area contributed by atoms with Crippen molar-refractivity contribution in [3.05, 3.63) is 94.2 Å². The first-order valence-corrected chi connectivity index (χ1v) is 13.6. The lowest BCUT2D eigenvalue weighted by Gasteiger charge is -2.22. The van der Waals surface area contributed by atoms with Gasteiger partial charge in [-0.2, -0.15) is 17.9 Å². The molecule has 45 heavy (non-hydrogen) atoms. The Labute approximate surface area is 256 Å². The molecule has 0 bridgehead atoms. The first-order chi connectivity index (χ1) is 21.3. The van der Waals surface area contributed by atoms with Gasteiger partial charge in [0, 0.05) is 17.8 Å². The number of para-hydroxylation sites is 2. The van der Waals surface area contributed by atoms with Crippen molar-refractivity contribution in [2.24, 2.45) is 5.73 Å². The van der Waals surface area contributed by atoms with Crippen molar-refractivity contribution in [3.8, 4) is 17.2 Å². The van der Waals surface area contributed by atoms with Crippen LogP contribution in [-0.4, -0.2) is 71.4 Å². The third kappa shape index (κ3) is 8.00. The molecule has 0 aliphatic heterocycles. The van der Waals surface area contributed by atoms with Crippen LogP contribution in [0.1, 0.15) is 29.9 Å². The number of alkyl halides is 3. The summed E-state index contributed by atoms with van der Waals surface area (Å²) in [5.41, 5.74) is 6.16. The Balaban J connectivity index is 1.77. The van der Waals surface area contributed by atoms with Crippen molar-refractivity contribution in [2.75, 3.05) is 38.4 Å². The maximum atomic E-state index is 13.2. The minimum Gasteiger partial charge on any atom is -0.493 e. The number of carbonyl (C=O) groups is 1. The van der Waals surface area contributed by atoms with E-state index in [-0.39, 0.29) is 29.1 Å². The highest BCUT2D eigenvalue weighted by Gasteiger charge is 2.39. The molecule has 0 saturated heterocycles. The molecule has 15 heteroatoms. The second kappa shape index (κ2) is 13.5. The van der Waals surface area contributed by atoms with Crippen LogP contribution in [0.5, 0.6) is 11.5 Å². The van der Waals surface area contributed by atoms with Crippen LogP contribution in [0.25, 0.3) is 5.69 Å². The van der Waals surface area contributed by atoms with E-state index >= 15 is 0 Å². The van der Waals surface area contributed by atoms with Gasteiger partial charge < -0.3 is 30.7 Å². The van der Waals surface area contributed by atoms with Gasteiger partial charge in [0.15, 0.2) is 17.3 Å². The van der Waals surface area contributed by atoms with Crippen LogP contribution in [0.3, 0.4) is 0 Å². The third-order valence-corrected chi connectivity index (χ3v) is 6.52. The number of nitrogens with zero attached hydrogens (tertiary/aromatic N) is 3. The highest BCUT2D eigenvalue weighted by molar-refractivity contribution is 5.96. The maximum Gasteiger partial charge on any atom is 0.471 e. The van der Waals surface area contributed by atoms with Gasteiger partial charge in [0.1, 0.15) is 18.0 Å². The Bertz CT molecular complexity index is 1720. The van der Waals surface area contributed by atoms with Crippen LogP contribution in [0, 0.1) is 5.41 Å². The molecule has 1 heterocycles. The summed E-state index contributed by atoms with van der Waals surface area (Å²) in [4.78, 5) is 29.5. The molecule has 0 radical (unpaired) electrons. The summed E-state index contributed by atoms with van der Waals surface area (Å²) in [6, 6.07) is 16.6. The van der Waals surface area contributed by atoms with Gasteiger partial charge >= 0.3 is 17.8 Å². The number of anilines is 2. The Kier molecular flexibility index (Phi) is 9.82. The molecule has 12 nitrogen and oxygen atoms in total. The van der Waals surface area contributed by atoms with Crippen LogP contribution >= 0.6 is 0 Å². The Hall–Kier alpha value is -5.31. The lowest BCUT2D eigenvalue weighted by Crippen LogP contribution is -2.30. The first-order valence-electron chi connectivity index (χ1n) is 13.6. The number of amides is 1. The van der Waals surface area contributed by atoms with E-state index < -0.39 is 23.8 Å². The van der Waals surface area contributed by atoms with E-state index in [2.05, 4.69) is 15.4 Å². The molecule has 1 amide bonds. The molecule has 0 saturated carbocycles. The molecule has 4 aromatic rings. The van der Waals surface area contributed by atoms with Gasteiger partial charge in [0.2, 0.25) is 0 Å². The van der Waals surface area contributed by atoms with E-state index in [0.29, 0.717) is 34.9 Å². The summed E-state index contributed by atoms with van der Waals surface area (Å²) in [7, 11) is 5.36. The second-order valence-electron chi connectivity index (χ2n) is 10.4. The number of aromatic amines is 1. The molecule has 0 aliphatic carbocycles. The first kappa shape index (κ1) is 32.6. The average Bonchev–Trinajstić information content (AvgIpc) is 3.36. The normalized spacial score (nSPS) is 12.8. The summed E-state index contributed by atoms with van der Waals surface area (Å²) >= 11 is 0. The van der Waals surface area contributed by atoms with E-state index in [1.54, 1.807) is 47.8 Å². The number of hydrogen-bond acceptors (Lipinski definition) is 8. The van der Waals surface area contributed by atoms with Crippen molar-refractivity contribution in [1.82, 2.24) is 19.7 Å². The van der Waals surface area contributed by atoms with E-state index in [1.165, 1.54) is 31.4 Å². The molecule has 3 aromatic carbocycles. The van der Waals surface area contributed by atoms with E-state index in [1.807, 2.05) is 25.9 Å². The Morgan fingerprint density at radius 3 is 2.42 bits per heavy atom. The fourth-order valence-corrected chi connectivity index (χ4v) is 4.54. The molecule has 2 atom stereocenters. The maximum absolute atomic E-state index is 13.2. The van der Waals surface area contributed by atoms with Gasteiger partial charge in [-0.15, -0.1) is 5.10 Å². The molecule has 0 spiro atoms. The lowest BCUT2D eigenvalue weighted by atomic mass is 10.0. The van der Waals surface area contributed by atoms with Gasteiger partial charge in [-0.25, -0.2) is 4.79 Å². The highest BCUT2D eigenvalue weighted by atomic mass is 19.4. The molecular formula is C30H33F3N8O4. The van der Waals surface area contributed by atoms with Gasteiger partial charge in [-0.05, 0) is 75.1 Å². The van der Waals surface area contributed by atoms with Crippen LogP contribution < -0.4 is 31.5 Å². The summed E-state index contributed by atoms with van der Waals surface area (Å²) in [5, 5.41) is 17.2. The monoisotopic (exact) mass is 626 g/mol. The molecule has 6 N–H and O–H groups in total.